The Balaban J connectivity index is 1.68. The Morgan fingerprint density at radius 3 is 2.50 bits per heavy atom. The lowest BCUT2D eigenvalue weighted by atomic mass is 9.87. The van der Waals surface area contributed by atoms with Crippen molar-refractivity contribution < 1.29 is 9.90 Å². The normalized spacial score (nSPS) is 25.4. The largest absolute Gasteiger partial charge is 0.386 e. The molecule has 4 nitrogen and oxygen atoms in total. The van der Waals surface area contributed by atoms with Crippen LogP contribution in [0.3, 0.4) is 0 Å². The summed E-state index contributed by atoms with van der Waals surface area (Å²) in [6.45, 7) is 5.08. The maximum Gasteiger partial charge on any atom is 0.225 e. The Morgan fingerprint density at radius 2 is 2.00 bits per heavy atom. The van der Waals surface area contributed by atoms with E-state index < -0.39 is 5.60 Å². The molecule has 2 rings (SSSR count). The molecule has 18 heavy (non-hydrogen) atoms. The number of aliphatic hydroxyl groups is 1. The molecule has 1 aliphatic heterocycles. The van der Waals surface area contributed by atoms with Crippen LogP contribution in [-0.2, 0) is 4.79 Å². The second-order valence-corrected chi connectivity index (χ2v) is 6.38. The minimum absolute atomic E-state index is 0.0625. The van der Waals surface area contributed by atoms with E-state index in [0.717, 1.165) is 32.1 Å². The second-order valence-electron chi connectivity index (χ2n) is 6.38. The topological polar surface area (TPSA) is 66.6 Å². The predicted octanol–water partition coefficient (Wildman–Crippen LogP) is 1.12. The fourth-order valence-corrected chi connectivity index (χ4v) is 2.83. The molecular formula is C14H26N2O2. The quantitative estimate of drug-likeness (QED) is 0.746. The van der Waals surface area contributed by atoms with E-state index in [4.69, 9.17) is 5.73 Å². The molecule has 1 amide bonds. The van der Waals surface area contributed by atoms with Crippen LogP contribution in [0.15, 0.2) is 0 Å². The Bertz CT molecular complexity index is 307. The third-order valence-electron chi connectivity index (χ3n) is 4.30. The first-order valence-corrected chi connectivity index (χ1v) is 7.19. The van der Waals surface area contributed by atoms with E-state index in [1.807, 2.05) is 18.7 Å². The summed E-state index contributed by atoms with van der Waals surface area (Å²) in [7, 11) is 0. The standard InChI is InChI=1S/C14H26N2O2/c1-10(4-3-5-11(2)15)13(17)16-8-14(18,9-16)12-6-7-12/h10-12,18H,3-9,15H2,1-2H3. The van der Waals surface area contributed by atoms with E-state index in [0.29, 0.717) is 19.0 Å². The Hall–Kier alpha value is -0.610. The van der Waals surface area contributed by atoms with Crippen LogP contribution >= 0.6 is 0 Å². The summed E-state index contributed by atoms with van der Waals surface area (Å²) in [6.07, 6.45) is 5.14. The number of hydrogen-bond donors (Lipinski definition) is 2. The fraction of sp³-hybridized carbons (Fsp3) is 0.929. The minimum Gasteiger partial charge on any atom is -0.386 e. The van der Waals surface area contributed by atoms with Gasteiger partial charge in [-0.05, 0) is 38.5 Å². The highest BCUT2D eigenvalue weighted by Crippen LogP contribution is 2.44. The fourth-order valence-electron chi connectivity index (χ4n) is 2.83. The molecule has 0 aromatic carbocycles. The maximum absolute atomic E-state index is 12.1. The van der Waals surface area contributed by atoms with Crippen molar-refractivity contribution in [3.8, 4) is 0 Å². The Labute approximate surface area is 110 Å². The predicted molar refractivity (Wildman–Crippen MR) is 70.9 cm³/mol. The van der Waals surface area contributed by atoms with Crippen molar-refractivity contribution in [1.82, 2.24) is 4.90 Å². The van der Waals surface area contributed by atoms with E-state index in [-0.39, 0.29) is 17.9 Å². The van der Waals surface area contributed by atoms with Gasteiger partial charge in [0.1, 0.15) is 5.60 Å². The lowest BCUT2D eigenvalue weighted by molar-refractivity contribution is -0.163. The van der Waals surface area contributed by atoms with Gasteiger partial charge in [0.2, 0.25) is 5.91 Å². The second kappa shape index (κ2) is 5.17. The number of hydrogen-bond acceptors (Lipinski definition) is 3. The number of nitrogens with zero attached hydrogens (tertiary/aromatic N) is 1. The van der Waals surface area contributed by atoms with Crippen molar-refractivity contribution in [2.75, 3.05) is 13.1 Å². The first-order valence-electron chi connectivity index (χ1n) is 7.19. The van der Waals surface area contributed by atoms with Crippen molar-refractivity contribution in [2.45, 2.75) is 57.6 Å². The maximum atomic E-state index is 12.1. The molecule has 1 aliphatic carbocycles. The van der Waals surface area contributed by atoms with E-state index in [9.17, 15) is 9.90 Å². The SMILES string of the molecule is CC(N)CCCC(C)C(=O)N1CC(O)(C2CC2)C1. The number of carbonyl (C=O) groups is 1. The van der Waals surface area contributed by atoms with Crippen molar-refractivity contribution in [1.29, 1.82) is 0 Å². The smallest absolute Gasteiger partial charge is 0.225 e. The summed E-state index contributed by atoms with van der Waals surface area (Å²) >= 11 is 0. The highest BCUT2D eigenvalue weighted by atomic mass is 16.3. The van der Waals surface area contributed by atoms with Crippen LogP contribution < -0.4 is 5.73 Å². The number of amides is 1. The van der Waals surface area contributed by atoms with Gasteiger partial charge in [-0.3, -0.25) is 4.79 Å². The van der Waals surface area contributed by atoms with Crippen molar-refractivity contribution in [3.05, 3.63) is 0 Å². The Morgan fingerprint density at radius 1 is 1.39 bits per heavy atom. The molecule has 3 N–H and O–H groups in total. The highest BCUT2D eigenvalue weighted by molar-refractivity contribution is 5.79. The van der Waals surface area contributed by atoms with Gasteiger partial charge in [-0.25, -0.2) is 0 Å². The van der Waals surface area contributed by atoms with Gasteiger partial charge in [0.05, 0.1) is 13.1 Å². The third-order valence-corrected chi connectivity index (χ3v) is 4.30. The van der Waals surface area contributed by atoms with Crippen LogP contribution in [-0.4, -0.2) is 40.6 Å². The van der Waals surface area contributed by atoms with Crippen LogP contribution in [0.2, 0.25) is 0 Å². The molecule has 4 heteroatoms. The van der Waals surface area contributed by atoms with Gasteiger partial charge in [-0.15, -0.1) is 0 Å². The molecule has 0 aromatic heterocycles. The van der Waals surface area contributed by atoms with E-state index in [1.165, 1.54) is 0 Å². The molecule has 0 aromatic rings. The lowest BCUT2D eigenvalue weighted by Gasteiger charge is -2.47. The lowest BCUT2D eigenvalue weighted by Crippen LogP contribution is -2.65. The molecule has 0 radical (unpaired) electrons. The number of rotatable bonds is 6. The zero-order chi connectivity index (χ0) is 13.3. The summed E-state index contributed by atoms with van der Waals surface area (Å²) in [5.74, 6) is 0.715. The minimum atomic E-state index is -0.554. The van der Waals surface area contributed by atoms with Crippen LogP contribution in [0.1, 0.15) is 46.0 Å². The highest BCUT2D eigenvalue weighted by Gasteiger charge is 2.53. The van der Waals surface area contributed by atoms with Gasteiger partial charge < -0.3 is 15.7 Å². The van der Waals surface area contributed by atoms with Crippen LogP contribution in [0.25, 0.3) is 0 Å². The van der Waals surface area contributed by atoms with E-state index in [2.05, 4.69) is 0 Å². The first kappa shape index (κ1) is 13.8. The average Bonchev–Trinajstić information content (AvgIpc) is 3.07. The molecular weight excluding hydrogens is 228 g/mol. The van der Waals surface area contributed by atoms with Gasteiger partial charge >= 0.3 is 0 Å². The summed E-state index contributed by atoms with van der Waals surface area (Å²) < 4.78 is 0. The molecule has 0 spiro atoms. The zero-order valence-electron chi connectivity index (χ0n) is 11.6. The zero-order valence-corrected chi connectivity index (χ0v) is 11.6. The first-order chi connectivity index (χ1) is 8.42. The molecule has 2 fully saturated rings. The summed E-state index contributed by atoms with van der Waals surface area (Å²) in [5, 5.41) is 10.2. The summed E-state index contributed by atoms with van der Waals surface area (Å²) in [5.41, 5.74) is 5.14. The van der Waals surface area contributed by atoms with Gasteiger partial charge in [-0.1, -0.05) is 13.3 Å². The molecule has 104 valence electrons. The van der Waals surface area contributed by atoms with Gasteiger partial charge in [0.25, 0.3) is 0 Å². The van der Waals surface area contributed by atoms with Crippen molar-refractivity contribution in [3.63, 3.8) is 0 Å². The molecule has 0 bridgehead atoms. The van der Waals surface area contributed by atoms with Gasteiger partial charge in [0, 0.05) is 12.0 Å². The summed E-state index contributed by atoms with van der Waals surface area (Å²) in [6, 6.07) is 0.219. The van der Waals surface area contributed by atoms with E-state index in [1.54, 1.807) is 0 Å². The average molecular weight is 254 g/mol. The molecule has 1 heterocycles. The molecule has 2 unspecified atom stereocenters. The number of carbonyl (C=O) groups excluding carboxylic acids is 1. The Kier molecular flexibility index (Phi) is 3.97. The van der Waals surface area contributed by atoms with Crippen molar-refractivity contribution >= 4 is 5.91 Å². The summed E-state index contributed by atoms with van der Waals surface area (Å²) in [4.78, 5) is 13.9. The monoisotopic (exact) mass is 254 g/mol. The van der Waals surface area contributed by atoms with Crippen LogP contribution in [0, 0.1) is 11.8 Å². The van der Waals surface area contributed by atoms with Gasteiger partial charge in [-0.2, -0.15) is 0 Å². The van der Waals surface area contributed by atoms with Crippen LogP contribution in [0.4, 0.5) is 0 Å². The number of nitrogens with two attached hydrogens (primary N) is 1. The molecule has 2 atom stereocenters. The van der Waals surface area contributed by atoms with Crippen molar-refractivity contribution in [2.24, 2.45) is 17.6 Å². The molecule has 1 saturated carbocycles. The number of β-amino-alcohol motifs (C(OH)–C–C–N with tert-alkyl or cyclic N) is 1. The molecule has 2 aliphatic rings. The van der Waals surface area contributed by atoms with E-state index >= 15 is 0 Å². The van der Waals surface area contributed by atoms with Gasteiger partial charge in [0.15, 0.2) is 0 Å². The number of likely N-dealkylation sites (tertiary alicyclic amines) is 1. The van der Waals surface area contributed by atoms with Crippen LogP contribution in [0.5, 0.6) is 0 Å². The molecule has 1 saturated heterocycles. The third kappa shape index (κ3) is 3.04.